The zero-order valence-corrected chi connectivity index (χ0v) is 23.8. The van der Waals surface area contributed by atoms with E-state index < -0.39 is 5.97 Å². The van der Waals surface area contributed by atoms with Gasteiger partial charge >= 0.3 is 5.97 Å². The van der Waals surface area contributed by atoms with Gasteiger partial charge in [-0.25, -0.2) is 4.79 Å². The molecule has 0 spiro atoms. The van der Waals surface area contributed by atoms with Gasteiger partial charge < -0.3 is 33.9 Å². The molecule has 2 saturated carbocycles. The first-order valence-corrected chi connectivity index (χ1v) is 14.8. The lowest BCUT2D eigenvalue weighted by Crippen LogP contribution is -2.47. The molecule has 8 nitrogen and oxygen atoms in total. The number of benzene rings is 1. The quantitative estimate of drug-likeness (QED) is 0.267. The molecule has 0 heterocycles. The van der Waals surface area contributed by atoms with Crippen molar-refractivity contribution in [2.24, 2.45) is 23.2 Å². The van der Waals surface area contributed by atoms with Gasteiger partial charge in [-0.2, -0.15) is 0 Å². The number of carboxylic acids is 1. The van der Waals surface area contributed by atoms with Gasteiger partial charge in [-0.1, -0.05) is 19.4 Å². The normalized spacial score (nSPS) is 29.5. The molecule has 0 aromatic heterocycles. The van der Waals surface area contributed by atoms with Crippen molar-refractivity contribution in [3.63, 3.8) is 0 Å². The number of methoxy groups -OCH3 is 1. The Morgan fingerprint density at radius 2 is 1.64 bits per heavy atom. The number of hydrogen-bond acceptors (Lipinski definition) is 7. The summed E-state index contributed by atoms with van der Waals surface area (Å²) < 4.78 is 27.6. The predicted molar refractivity (Wildman–Crippen MR) is 147 cm³/mol. The van der Waals surface area contributed by atoms with Gasteiger partial charge in [0.2, 0.25) is 0 Å². The molecule has 4 rings (SSSR count). The maximum atomic E-state index is 10.3. The van der Waals surface area contributed by atoms with Gasteiger partial charge in [-0.15, -0.1) is 0 Å². The standard InChI is InChI=1S/C31H48O8/c1-31-11-10-26-25-7-6-24(32)20-23(25)19-22(30(26)27(31)8-9-28(31)35-2)5-3-4-12-36-13-14-37-15-16-38-17-18-39-21-29(33)34/h6-7,20,22,26-28,30,32H,3-5,8-19,21H2,1-2H3,(H,33,34)/t22-,26-,27+,28+,30-,31+/m1/s1. The summed E-state index contributed by atoms with van der Waals surface area (Å²) in [6.07, 6.45) is 9.75. The molecule has 6 atom stereocenters. The third-order valence-electron chi connectivity index (χ3n) is 9.54. The second-order valence-corrected chi connectivity index (χ2v) is 11.8. The molecule has 1 aromatic carbocycles. The Bertz CT molecular complexity index is 907. The lowest BCUT2D eigenvalue weighted by Gasteiger charge is -2.53. The molecule has 2 N–H and O–H groups in total. The molecule has 3 aliphatic rings. The minimum atomic E-state index is -0.977. The first-order chi connectivity index (χ1) is 18.9. The largest absolute Gasteiger partial charge is 0.508 e. The maximum absolute atomic E-state index is 10.3. The lowest BCUT2D eigenvalue weighted by atomic mass is 9.52. The number of phenolic OH excluding ortho intramolecular Hbond substituents is 1. The summed E-state index contributed by atoms with van der Waals surface area (Å²) in [6, 6.07) is 6.09. The second kappa shape index (κ2) is 14.8. The van der Waals surface area contributed by atoms with E-state index in [2.05, 4.69) is 13.0 Å². The highest BCUT2D eigenvalue weighted by atomic mass is 16.6. The molecule has 39 heavy (non-hydrogen) atoms. The minimum absolute atomic E-state index is 0.264. The third-order valence-corrected chi connectivity index (χ3v) is 9.54. The van der Waals surface area contributed by atoms with Crippen LogP contribution in [0.25, 0.3) is 0 Å². The van der Waals surface area contributed by atoms with Gasteiger partial charge in [0.15, 0.2) is 0 Å². The van der Waals surface area contributed by atoms with E-state index in [1.807, 2.05) is 19.2 Å². The van der Waals surface area contributed by atoms with E-state index >= 15 is 0 Å². The number of aromatic hydroxyl groups is 1. The molecule has 0 amide bonds. The van der Waals surface area contributed by atoms with Gasteiger partial charge in [-0.3, -0.25) is 0 Å². The van der Waals surface area contributed by atoms with Crippen LogP contribution in [0.1, 0.15) is 68.9 Å². The van der Waals surface area contributed by atoms with Crippen molar-refractivity contribution in [1.82, 2.24) is 0 Å². The minimum Gasteiger partial charge on any atom is -0.508 e. The fourth-order valence-electron chi connectivity index (χ4n) is 7.83. The van der Waals surface area contributed by atoms with E-state index in [0.29, 0.717) is 68.6 Å². The smallest absolute Gasteiger partial charge is 0.329 e. The number of unbranched alkanes of at least 4 members (excludes halogenated alkanes) is 1. The molecule has 2 fully saturated rings. The number of fused-ring (bicyclic) bond motifs is 5. The summed E-state index contributed by atoms with van der Waals surface area (Å²) in [6.45, 7) is 5.58. The summed E-state index contributed by atoms with van der Waals surface area (Å²) >= 11 is 0. The van der Waals surface area contributed by atoms with E-state index in [0.717, 1.165) is 25.9 Å². The third kappa shape index (κ3) is 7.73. The van der Waals surface area contributed by atoms with Gasteiger partial charge in [0.25, 0.3) is 0 Å². The van der Waals surface area contributed by atoms with E-state index in [1.54, 1.807) is 0 Å². The molecule has 3 aliphatic carbocycles. The van der Waals surface area contributed by atoms with Crippen LogP contribution in [0.3, 0.4) is 0 Å². The van der Waals surface area contributed by atoms with Crippen molar-refractivity contribution < 1.29 is 38.7 Å². The molecule has 0 bridgehead atoms. The number of carboxylic acid groups (broad SMARTS) is 1. The van der Waals surface area contributed by atoms with Gasteiger partial charge in [0.05, 0.1) is 45.7 Å². The molecule has 1 aromatic rings. The zero-order valence-electron chi connectivity index (χ0n) is 23.8. The van der Waals surface area contributed by atoms with Crippen LogP contribution in [0.4, 0.5) is 0 Å². The lowest BCUT2D eigenvalue weighted by molar-refractivity contribution is -0.142. The van der Waals surface area contributed by atoms with Gasteiger partial charge in [0.1, 0.15) is 12.4 Å². The number of aliphatic carboxylic acids is 1. The highest BCUT2D eigenvalue weighted by Gasteiger charge is 2.57. The Hall–Kier alpha value is -1.71. The molecule has 0 radical (unpaired) electrons. The van der Waals surface area contributed by atoms with Gasteiger partial charge in [-0.05, 0) is 97.3 Å². The maximum Gasteiger partial charge on any atom is 0.329 e. The van der Waals surface area contributed by atoms with E-state index in [-0.39, 0.29) is 18.6 Å². The van der Waals surface area contributed by atoms with Crippen LogP contribution >= 0.6 is 0 Å². The first-order valence-electron chi connectivity index (χ1n) is 14.8. The van der Waals surface area contributed by atoms with Crippen LogP contribution < -0.4 is 0 Å². The second-order valence-electron chi connectivity index (χ2n) is 11.8. The van der Waals surface area contributed by atoms with E-state index in [1.165, 1.54) is 43.2 Å². The molecule has 0 aliphatic heterocycles. The van der Waals surface area contributed by atoms with Gasteiger partial charge in [0, 0.05) is 13.7 Å². The fraction of sp³-hybridized carbons (Fsp3) is 0.774. The summed E-state index contributed by atoms with van der Waals surface area (Å²) in [5.74, 6) is 2.06. The Kier molecular flexibility index (Phi) is 11.5. The highest BCUT2D eigenvalue weighted by molar-refractivity contribution is 5.67. The molecular weight excluding hydrogens is 500 g/mol. The predicted octanol–water partition coefficient (Wildman–Crippen LogP) is 4.81. The van der Waals surface area contributed by atoms with Crippen LogP contribution in [0.2, 0.25) is 0 Å². The number of rotatable bonds is 17. The Labute approximate surface area is 233 Å². The zero-order chi connectivity index (χ0) is 27.7. The van der Waals surface area contributed by atoms with Crippen LogP contribution in [0.15, 0.2) is 18.2 Å². The van der Waals surface area contributed by atoms with Crippen molar-refractivity contribution in [2.45, 2.75) is 70.3 Å². The molecular formula is C31H48O8. The van der Waals surface area contributed by atoms with Crippen molar-refractivity contribution in [3.05, 3.63) is 29.3 Å². The first kappa shape index (κ1) is 30.3. The van der Waals surface area contributed by atoms with Crippen LogP contribution in [0, 0.1) is 23.2 Å². The number of ether oxygens (including phenoxy) is 5. The Balaban J connectivity index is 1.16. The SMILES string of the molecule is CO[C@H]1CC[C@H]2[C@@H]3[C@H](CCCCOCCOCCOCCOCC(=O)O)Cc4cc(O)ccc4[C@H]3CC[C@]12C. The monoisotopic (exact) mass is 548 g/mol. The summed E-state index contributed by atoms with van der Waals surface area (Å²) in [4.78, 5) is 10.3. The van der Waals surface area contributed by atoms with Crippen molar-refractivity contribution in [1.29, 1.82) is 0 Å². The summed E-state index contributed by atoms with van der Waals surface area (Å²) in [5, 5.41) is 18.7. The fourth-order valence-corrected chi connectivity index (χ4v) is 7.83. The number of hydrogen-bond donors (Lipinski definition) is 2. The number of carbonyl (C=O) groups is 1. The molecule has 0 saturated heterocycles. The molecule has 0 unspecified atom stereocenters. The van der Waals surface area contributed by atoms with Crippen LogP contribution in [-0.2, 0) is 34.9 Å². The highest BCUT2D eigenvalue weighted by Crippen LogP contribution is 2.63. The number of phenols is 1. The summed E-state index contributed by atoms with van der Waals surface area (Å²) in [7, 11) is 1.89. The van der Waals surface area contributed by atoms with Crippen LogP contribution in [0.5, 0.6) is 5.75 Å². The van der Waals surface area contributed by atoms with Crippen molar-refractivity contribution in [3.8, 4) is 5.75 Å². The van der Waals surface area contributed by atoms with Crippen molar-refractivity contribution in [2.75, 3.05) is 60.0 Å². The van der Waals surface area contributed by atoms with Crippen LogP contribution in [-0.4, -0.2) is 82.3 Å². The van der Waals surface area contributed by atoms with E-state index in [4.69, 9.17) is 28.8 Å². The molecule has 220 valence electrons. The summed E-state index contributed by atoms with van der Waals surface area (Å²) in [5.41, 5.74) is 3.12. The average molecular weight is 549 g/mol. The van der Waals surface area contributed by atoms with Crippen molar-refractivity contribution >= 4 is 5.97 Å². The van der Waals surface area contributed by atoms with E-state index in [9.17, 15) is 9.90 Å². The topological polar surface area (TPSA) is 104 Å². The Morgan fingerprint density at radius 1 is 0.949 bits per heavy atom. The average Bonchev–Trinajstić information content (AvgIpc) is 3.26. The molecule has 8 heteroatoms. The Morgan fingerprint density at radius 3 is 2.33 bits per heavy atom.